The average Bonchev–Trinajstić information content (AvgIpc) is 2.04. The van der Waals surface area contributed by atoms with E-state index in [9.17, 15) is 0 Å². The van der Waals surface area contributed by atoms with Gasteiger partial charge in [0.2, 0.25) is 0 Å². The van der Waals surface area contributed by atoms with E-state index in [4.69, 9.17) is 15.2 Å². The highest BCUT2D eigenvalue weighted by Gasteiger charge is 2.38. The van der Waals surface area contributed by atoms with E-state index in [2.05, 4.69) is 0 Å². The van der Waals surface area contributed by atoms with Gasteiger partial charge in [-0.3, -0.25) is 0 Å². The Morgan fingerprint density at radius 2 is 1.83 bits per heavy atom. The quantitative estimate of drug-likeness (QED) is 0.620. The zero-order valence-electron chi connectivity index (χ0n) is 7.53. The molecule has 3 nitrogen and oxygen atoms in total. The molecule has 2 unspecified atom stereocenters. The van der Waals surface area contributed by atoms with Gasteiger partial charge in [0, 0.05) is 25.0 Å². The maximum absolute atomic E-state index is 6.07. The molecule has 2 rings (SSSR count). The molecule has 0 spiro atoms. The van der Waals surface area contributed by atoms with Crippen LogP contribution in [0.5, 0.6) is 0 Å². The molecule has 0 aromatic rings. The Morgan fingerprint density at radius 1 is 1.25 bits per heavy atom. The predicted molar refractivity (Wildman–Crippen MR) is 45.8 cm³/mol. The van der Waals surface area contributed by atoms with Crippen molar-refractivity contribution in [2.75, 3.05) is 20.3 Å². The zero-order valence-corrected chi connectivity index (χ0v) is 7.53. The van der Waals surface area contributed by atoms with Crippen LogP contribution in [-0.4, -0.2) is 32.5 Å². The van der Waals surface area contributed by atoms with E-state index >= 15 is 0 Å². The number of fused-ring (bicyclic) bond motifs is 2. The maximum atomic E-state index is 6.07. The second-order valence-corrected chi connectivity index (χ2v) is 3.96. The number of hydrogen-bond acceptors (Lipinski definition) is 3. The molecule has 3 heteroatoms. The van der Waals surface area contributed by atoms with Gasteiger partial charge in [-0.15, -0.1) is 0 Å². The summed E-state index contributed by atoms with van der Waals surface area (Å²) in [6.07, 6.45) is 2.58. The molecular formula is C9H17NO2. The van der Waals surface area contributed by atoms with E-state index in [0.29, 0.717) is 24.0 Å². The Labute approximate surface area is 73.2 Å². The summed E-state index contributed by atoms with van der Waals surface area (Å²) in [6, 6.07) is 0.352. The third kappa shape index (κ3) is 1.37. The van der Waals surface area contributed by atoms with Crippen LogP contribution in [0.15, 0.2) is 0 Å². The fraction of sp³-hybridized carbons (Fsp3) is 1.00. The minimum absolute atomic E-state index is 0.352. The third-order valence-corrected chi connectivity index (χ3v) is 3.22. The molecule has 1 aliphatic carbocycles. The van der Waals surface area contributed by atoms with Crippen LogP contribution in [0.2, 0.25) is 0 Å². The number of rotatable bonds is 1. The zero-order chi connectivity index (χ0) is 8.55. The Morgan fingerprint density at radius 3 is 2.33 bits per heavy atom. The van der Waals surface area contributed by atoms with Crippen LogP contribution in [0.25, 0.3) is 0 Å². The monoisotopic (exact) mass is 171 g/mol. The Bertz CT molecular complexity index is 149. The van der Waals surface area contributed by atoms with Crippen LogP contribution in [-0.2, 0) is 9.47 Å². The standard InChI is InChI=1S/C9H17NO2/c1-11-8-2-6-4-12-5-7(3-8)9(6)10/h6-9H,2-5,10H2,1H3. The van der Waals surface area contributed by atoms with Crippen molar-refractivity contribution < 1.29 is 9.47 Å². The maximum Gasteiger partial charge on any atom is 0.0579 e. The molecule has 0 radical (unpaired) electrons. The molecule has 1 saturated heterocycles. The first kappa shape index (κ1) is 8.48. The van der Waals surface area contributed by atoms with Crippen molar-refractivity contribution in [3.05, 3.63) is 0 Å². The van der Waals surface area contributed by atoms with E-state index in [1.165, 1.54) is 0 Å². The van der Waals surface area contributed by atoms with Crippen LogP contribution in [0.3, 0.4) is 0 Å². The molecule has 1 aliphatic heterocycles. The second kappa shape index (κ2) is 3.32. The van der Waals surface area contributed by atoms with Gasteiger partial charge >= 0.3 is 0 Å². The minimum atomic E-state index is 0.352. The first-order valence-electron chi connectivity index (χ1n) is 4.67. The van der Waals surface area contributed by atoms with Gasteiger partial charge in [0.15, 0.2) is 0 Å². The van der Waals surface area contributed by atoms with Crippen LogP contribution < -0.4 is 5.73 Å². The SMILES string of the molecule is COC1CC2COCC(C1)C2N. The van der Waals surface area contributed by atoms with Gasteiger partial charge in [0.25, 0.3) is 0 Å². The predicted octanol–water partition coefficient (Wildman–Crippen LogP) is 0.385. The fourth-order valence-electron chi connectivity index (χ4n) is 2.39. The van der Waals surface area contributed by atoms with Crippen LogP contribution in [0, 0.1) is 11.8 Å². The summed E-state index contributed by atoms with van der Waals surface area (Å²) < 4.78 is 10.8. The molecule has 2 N–H and O–H groups in total. The molecule has 0 aromatic carbocycles. The summed E-state index contributed by atoms with van der Waals surface area (Å²) >= 11 is 0. The molecule has 1 heterocycles. The van der Waals surface area contributed by atoms with Crippen molar-refractivity contribution in [2.45, 2.75) is 25.0 Å². The molecule has 0 amide bonds. The first-order valence-corrected chi connectivity index (χ1v) is 4.67. The van der Waals surface area contributed by atoms with Crippen molar-refractivity contribution in [3.8, 4) is 0 Å². The number of ether oxygens (including phenoxy) is 2. The molecule has 2 aliphatic rings. The lowest BCUT2D eigenvalue weighted by Crippen LogP contribution is -2.52. The Hall–Kier alpha value is -0.120. The van der Waals surface area contributed by atoms with E-state index < -0.39 is 0 Å². The fourth-order valence-corrected chi connectivity index (χ4v) is 2.39. The van der Waals surface area contributed by atoms with Crippen molar-refractivity contribution >= 4 is 0 Å². The molecule has 2 bridgehead atoms. The van der Waals surface area contributed by atoms with E-state index in [0.717, 1.165) is 26.1 Å². The Balaban J connectivity index is 2.02. The van der Waals surface area contributed by atoms with Crippen molar-refractivity contribution in [3.63, 3.8) is 0 Å². The van der Waals surface area contributed by atoms with Gasteiger partial charge < -0.3 is 15.2 Å². The third-order valence-electron chi connectivity index (χ3n) is 3.22. The lowest BCUT2D eigenvalue weighted by molar-refractivity contribution is -0.0753. The van der Waals surface area contributed by atoms with Gasteiger partial charge in [0.05, 0.1) is 19.3 Å². The summed E-state index contributed by atoms with van der Waals surface area (Å²) in [4.78, 5) is 0. The second-order valence-electron chi connectivity index (χ2n) is 3.96. The molecule has 70 valence electrons. The summed E-state index contributed by atoms with van der Waals surface area (Å²) in [6.45, 7) is 1.66. The van der Waals surface area contributed by atoms with Crippen LogP contribution in [0.4, 0.5) is 0 Å². The number of methoxy groups -OCH3 is 1. The molecular weight excluding hydrogens is 154 g/mol. The van der Waals surface area contributed by atoms with Crippen LogP contribution in [0.1, 0.15) is 12.8 Å². The van der Waals surface area contributed by atoms with Crippen molar-refractivity contribution in [1.29, 1.82) is 0 Å². The molecule has 0 aromatic heterocycles. The summed E-state index contributed by atoms with van der Waals surface area (Å²) in [7, 11) is 1.79. The van der Waals surface area contributed by atoms with Gasteiger partial charge in [-0.25, -0.2) is 0 Å². The van der Waals surface area contributed by atoms with Crippen LogP contribution >= 0.6 is 0 Å². The smallest absolute Gasteiger partial charge is 0.0579 e. The topological polar surface area (TPSA) is 44.5 Å². The normalized spacial score (nSPS) is 47.5. The van der Waals surface area contributed by atoms with Gasteiger partial charge in [0.1, 0.15) is 0 Å². The first-order chi connectivity index (χ1) is 5.81. The van der Waals surface area contributed by atoms with Crippen molar-refractivity contribution in [2.24, 2.45) is 17.6 Å². The number of hydrogen-bond donors (Lipinski definition) is 1. The molecule has 1 saturated carbocycles. The van der Waals surface area contributed by atoms with Gasteiger partial charge in [-0.2, -0.15) is 0 Å². The highest BCUT2D eigenvalue weighted by molar-refractivity contribution is 4.91. The summed E-state index contributed by atoms with van der Waals surface area (Å²) in [5.41, 5.74) is 6.07. The lowest BCUT2D eigenvalue weighted by Gasteiger charge is -2.43. The highest BCUT2D eigenvalue weighted by Crippen LogP contribution is 2.33. The molecule has 2 atom stereocenters. The van der Waals surface area contributed by atoms with Gasteiger partial charge in [-0.05, 0) is 12.8 Å². The van der Waals surface area contributed by atoms with E-state index in [-0.39, 0.29) is 0 Å². The lowest BCUT2D eigenvalue weighted by atomic mass is 9.75. The average molecular weight is 171 g/mol. The van der Waals surface area contributed by atoms with E-state index in [1.807, 2.05) is 0 Å². The number of nitrogens with two attached hydrogens (primary N) is 1. The van der Waals surface area contributed by atoms with E-state index in [1.54, 1.807) is 7.11 Å². The summed E-state index contributed by atoms with van der Waals surface area (Å²) in [5.74, 6) is 1.06. The Kier molecular flexibility index (Phi) is 2.35. The summed E-state index contributed by atoms with van der Waals surface area (Å²) in [5, 5.41) is 0. The highest BCUT2D eigenvalue weighted by atomic mass is 16.5. The minimum Gasteiger partial charge on any atom is -0.381 e. The largest absolute Gasteiger partial charge is 0.381 e. The van der Waals surface area contributed by atoms with Gasteiger partial charge in [-0.1, -0.05) is 0 Å². The molecule has 2 fully saturated rings. The van der Waals surface area contributed by atoms with Crippen molar-refractivity contribution in [1.82, 2.24) is 0 Å². The molecule has 12 heavy (non-hydrogen) atoms.